The monoisotopic (exact) mass is 436 g/mol. The minimum atomic E-state index is -1.38. The predicted molar refractivity (Wildman–Crippen MR) is 107 cm³/mol. The summed E-state index contributed by atoms with van der Waals surface area (Å²) in [6, 6.07) is 9.06. The second-order valence-electron chi connectivity index (χ2n) is 5.52. The van der Waals surface area contributed by atoms with Crippen LogP contribution in [0.2, 0.25) is 10.0 Å². The number of aromatic carboxylic acids is 1. The van der Waals surface area contributed by atoms with Crippen molar-refractivity contribution < 1.29 is 24.3 Å². The van der Waals surface area contributed by atoms with E-state index in [1.54, 1.807) is 24.3 Å². The molecule has 0 aromatic heterocycles. The molecule has 1 aliphatic rings. The molecule has 3 amide bonds. The Morgan fingerprint density at radius 1 is 1.07 bits per heavy atom. The van der Waals surface area contributed by atoms with Gasteiger partial charge in [0.2, 0.25) is 0 Å². The Bertz CT molecular complexity index is 1070. The van der Waals surface area contributed by atoms with Gasteiger partial charge in [-0.2, -0.15) is 0 Å². The standard InChI is InChI=1S/C18H10Cl2N2O5S/c19-10-4-5-11(20)14(17(25)26)13(10)16(24)21-9-3-1-2-8(6-9)7-12-15(23)22-18(27)28-12/h1-7H,(H,21,24)(H,25,26)(H,22,23,27)/b12-7+. The van der Waals surface area contributed by atoms with Crippen molar-refractivity contribution in [2.45, 2.75) is 0 Å². The maximum atomic E-state index is 12.6. The summed E-state index contributed by atoms with van der Waals surface area (Å²) in [5, 5.41) is 13.4. The SMILES string of the molecule is O=C1NC(=O)/C(=C\c2cccc(NC(=O)c3c(Cl)ccc(Cl)c3C(=O)O)c2)S1. The number of carbonyl (C=O) groups excluding carboxylic acids is 3. The van der Waals surface area contributed by atoms with Gasteiger partial charge in [-0.25, -0.2) is 4.79 Å². The van der Waals surface area contributed by atoms with E-state index in [1.165, 1.54) is 18.2 Å². The lowest BCUT2D eigenvalue weighted by atomic mass is 10.1. The lowest BCUT2D eigenvalue weighted by Gasteiger charge is -2.11. The summed E-state index contributed by atoms with van der Waals surface area (Å²) in [6.45, 7) is 0. The van der Waals surface area contributed by atoms with E-state index < -0.39 is 28.6 Å². The van der Waals surface area contributed by atoms with Crippen LogP contribution < -0.4 is 10.6 Å². The molecule has 28 heavy (non-hydrogen) atoms. The van der Waals surface area contributed by atoms with Crippen LogP contribution in [-0.4, -0.2) is 28.1 Å². The number of carbonyl (C=O) groups is 4. The zero-order valence-electron chi connectivity index (χ0n) is 13.8. The first kappa shape index (κ1) is 19.9. The molecule has 3 rings (SSSR count). The van der Waals surface area contributed by atoms with Crippen LogP contribution in [-0.2, 0) is 4.79 Å². The number of anilines is 1. The first-order valence-corrected chi connectivity index (χ1v) is 9.21. The summed E-state index contributed by atoms with van der Waals surface area (Å²) >= 11 is 12.7. The third-order valence-electron chi connectivity index (χ3n) is 3.63. The molecule has 0 spiro atoms. The number of rotatable bonds is 4. The molecule has 10 heteroatoms. The number of halogens is 2. The smallest absolute Gasteiger partial charge is 0.338 e. The second kappa shape index (κ2) is 8.05. The Kier molecular flexibility index (Phi) is 5.73. The molecule has 0 atom stereocenters. The van der Waals surface area contributed by atoms with Gasteiger partial charge in [-0.1, -0.05) is 35.3 Å². The molecule has 0 unspecified atom stereocenters. The number of imide groups is 1. The summed E-state index contributed by atoms with van der Waals surface area (Å²) in [5.41, 5.74) is 0.228. The average Bonchev–Trinajstić information content (AvgIpc) is 2.93. The van der Waals surface area contributed by atoms with Crippen molar-refractivity contribution in [1.29, 1.82) is 0 Å². The molecule has 1 heterocycles. The van der Waals surface area contributed by atoms with E-state index in [2.05, 4.69) is 10.6 Å². The quantitative estimate of drug-likeness (QED) is 0.616. The average molecular weight is 437 g/mol. The highest BCUT2D eigenvalue weighted by Crippen LogP contribution is 2.29. The van der Waals surface area contributed by atoms with E-state index in [4.69, 9.17) is 23.2 Å². The topological polar surface area (TPSA) is 113 Å². The molecule has 2 aromatic carbocycles. The minimum Gasteiger partial charge on any atom is -0.478 e. The van der Waals surface area contributed by atoms with E-state index in [0.717, 1.165) is 11.8 Å². The van der Waals surface area contributed by atoms with Crippen LogP contribution in [0.3, 0.4) is 0 Å². The Morgan fingerprint density at radius 2 is 1.75 bits per heavy atom. The minimum absolute atomic E-state index is 0.0601. The van der Waals surface area contributed by atoms with Crippen molar-refractivity contribution in [3.8, 4) is 0 Å². The van der Waals surface area contributed by atoms with Crippen LogP contribution in [0, 0.1) is 0 Å². The van der Waals surface area contributed by atoms with E-state index in [1.807, 2.05) is 0 Å². The van der Waals surface area contributed by atoms with E-state index in [0.29, 0.717) is 11.3 Å². The van der Waals surface area contributed by atoms with Gasteiger partial charge in [0.25, 0.3) is 17.1 Å². The summed E-state index contributed by atoms with van der Waals surface area (Å²) in [5.74, 6) is -2.64. The van der Waals surface area contributed by atoms with E-state index in [9.17, 15) is 24.3 Å². The highest BCUT2D eigenvalue weighted by molar-refractivity contribution is 8.18. The Morgan fingerprint density at radius 3 is 2.36 bits per heavy atom. The van der Waals surface area contributed by atoms with Gasteiger partial charge in [0.05, 0.1) is 26.1 Å². The number of carboxylic acids is 1. The van der Waals surface area contributed by atoms with Gasteiger partial charge in [0, 0.05) is 5.69 Å². The first-order valence-electron chi connectivity index (χ1n) is 7.64. The van der Waals surface area contributed by atoms with Gasteiger partial charge < -0.3 is 10.4 Å². The summed E-state index contributed by atoms with van der Waals surface area (Å²) < 4.78 is 0. The van der Waals surface area contributed by atoms with Crippen molar-refractivity contribution in [2.24, 2.45) is 0 Å². The molecule has 0 radical (unpaired) electrons. The Hall–Kier alpha value is -2.81. The molecule has 1 aliphatic heterocycles. The number of thioether (sulfide) groups is 1. The van der Waals surface area contributed by atoms with Crippen molar-refractivity contribution >= 4 is 69.8 Å². The third-order valence-corrected chi connectivity index (χ3v) is 5.07. The molecule has 3 N–H and O–H groups in total. The molecule has 1 fully saturated rings. The predicted octanol–water partition coefficient (Wildman–Crippen LogP) is 4.27. The molecule has 2 aromatic rings. The highest BCUT2D eigenvalue weighted by atomic mass is 35.5. The van der Waals surface area contributed by atoms with Crippen molar-refractivity contribution in [2.75, 3.05) is 5.32 Å². The number of hydrogen-bond acceptors (Lipinski definition) is 5. The van der Waals surface area contributed by atoms with Crippen LogP contribution in [0.1, 0.15) is 26.3 Å². The van der Waals surface area contributed by atoms with Crippen LogP contribution in [0.25, 0.3) is 6.08 Å². The molecule has 7 nitrogen and oxygen atoms in total. The molecule has 0 bridgehead atoms. The maximum absolute atomic E-state index is 12.6. The molecular weight excluding hydrogens is 427 g/mol. The Labute approximate surface area is 172 Å². The zero-order valence-corrected chi connectivity index (χ0v) is 16.1. The summed E-state index contributed by atoms with van der Waals surface area (Å²) in [6.07, 6.45) is 1.50. The fraction of sp³-hybridized carbons (Fsp3) is 0. The number of carboxylic acid groups (broad SMARTS) is 1. The fourth-order valence-corrected chi connectivity index (χ4v) is 3.62. The van der Waals surface area contributed by atoms with E-state index >= 15 is 0 Å². The van der Waals surface area contributed by atoms with Crippen molar-refractivity contribution in [3.05, 3.63) is 68.0 Å². The first-order chi connectivity index (χ1) is 13.3. The fourth-order valence-electron chi connectivity index (χ4n) is 2.46. The van der Waals surface area contributed by atoms with Crippen LogP contribution in [0.5, 0.6) is 0 Å². The van der Waals surface area contributed by atoms with Gasteiger partial charge in [0.1, 0.15) is 0 Å². The molecular formula is C18H10Cl2N2O5S. The zero-order chi connectivity index (χ0) is 20.4. The van der Waals surface area contributed by atoms with Gasteiger partial charge in [-0.15, -0.1) is 0 Å². The maximum Gasteiger partial charge on any atom is 0.338 e. The van der Waals surface area contributed by atoms with Crippen molar-refractivity contribution in [1.82, 2.24) is 5.32 Å². The van der Waals surface area contributed by atoms with Crippen molar-refractivity contribution in [3.63, 3.8) is 0 Å². The number of hydrogen-bond donors (Lipinski definition) is 3. The lowest BCUT2D eigenvalue weighted by Crippen LogP contribution is -2.18. The molecule has 1 saturated heterocycles. The van der Waals surface area contributed by atoms with Crippen LogP contribution >= 0.6 is 35.0 Å². The van der Waals surface area contributed by atoms with Gasteiger partial charge in [-0.05, 0) is 47.7 Å². The largest absolute Gasteiger partial charge is 0.478 e. The molecule has 0 aliphatic carbocycles. The van der Waals surface area contributed by atoms with Gasteiger partial charge in [0.15, 0.2) is 0 Å². The molecule has 142 valence electrons. The molecule has 0 saturated carbocycles. The van der Waals surface area contributed by atoms with E-state index in [-0.39, 0.29) is 20.5 Å². The van der Waals surface area contributed by atoms with Gasteiger partial charge in [-0.3, -0.25) is 19.7 Å². The van der Waals surface area contributed by atoms with Crippen LogP contribution in [0.15, 0.2) is 41.3 Å². The number of amides is 3. The highest BCUT2D eigenvalue weighted by Gasteiger charge is 2.25. The summed E-state index contributed by atoms with van der Waals surface area (Å²) in [4.78, 5) is 47.2. The third kappa shape index (κ3) is 4.19. The number of nitrogens with one attached hydrogen (secondary N) is 2. The Balaban J connectivity index is 1.90. The lowest BCUT2D eigenvalue weighted by molar-refractivity contribution is -0.115. The van der Waals surface area contributed by atoms with Gasteiger partial charge >= 0.3 is 5.97 Å². The second-order valence-corrected chi connectivity index (χ2v) is 7.35. The van der Waals surface area contributed by atoms with Crippen LogP contribution in [0.4, 0.5) is 10.5 Å². The normalized spacial score (nSPS) is 14.9. The summed E-state index contributed by atoms with van der Waals surface area (Å²) in [7, 11) is 0. The number of benzene rings is 2.